The van der Waals surface area contributed by atoms with Crippen molar-refractivity contribution in [2.24, 2.45) is 0 Å². The van der Waals surface area contributed by atoms with Crippen molar-refractivity contribution in [2.45, 2.75) is 52.0 Å². The van der Waals surface area contributed by atoms with Gasteiger partial charge < -0.3 is 10.2 Å². The van der Waals surface area contributed by atoms with Gasteiger partial charge >= 0.3 is 0 Å². The molecule has 19 heavy (non-hydrogen) atoms. The fourth-order valence-electron chi connectivity index (χ4n) is 2.71. The summed E-state index contributed by atoms with van der Waals surface area (Å²) in [6.07, 6.45) is 6.66. The fourth-order valence-corrected chi connectivity index (χ4v) is 3.49. The molecule has 2 rings (SSSR count). The molecule has 1 aromatic rings. The minimum absolute atomic E-state index is 0.583. The highest BCUT2D eigenvalue weighted by atomic mass is 32.1. The molecule has 0 saturated carbocycles. The molecule has 1 atom stereocenters. The smallest absolute Gasteiger partial charge is 0.0940 e. The Labute approximate surface area is 121 Å². The largest absolute Gasteiger partial charge is 0.313 e. The molecular weight excluding hydrogens is 254 g/mol. The number of aromatic nitrogens is 1. The van der Waals surface area contributed by atoms with E-state index in [4.69, 9.17) is 0 Å². The number of rotatable bonds is 6. The first-order valence-corrected chi connectivity index (χ1v) is 8.49. The van der Waals surface area contributed by atoms with Crippen molar-refractivity contribution in [1.82, 2.24) is 15.2 Å². The zero-order chi connectivity index (χ0) is 13.5. The lowest BCUT2D eigenvalue weighted by Gasteiger charge is -2.24. The topological polar surface area (TPSA) is 28.2 Å². The van der Waals surface area contributed by atoms with Gasteiger partial charge in [-0.2, -0.15) is 0 Å². The van der Waals surface area contributed by atoms with Crippen LogP contribution in [0.1, 0.15) is 43.3 Å². The van der Waals surface area contributed by atoms with Crippen molar-refractivity contribution in [3.63, 3.8) is 0 Å². The number of nitrogens with one attached hydrogen (secondary N) is 1. The molecule has 0 aromatic carbocycles. The van der Waals surface area contributed by atoms with Gasteiger partial charge in [0, 0.05) is 36.6 Å². The van der Waals surface area contributed by atoms with Crippen LogP contribution < -0.4 is 5.32 Å². The molecule has 1 saturated heterocycles. The number of hydrogen-bond donors (Lipinski definition) is 1. The first-order chi connectivity index (χ1) is 9.24. The van der Waals surface area contributed by atoms with Crippen LogP contribution in [0.5, 0.6) is 0 Å². The van der Waals surface area contributed by atoms with Gasteiger partial charge in [0.05, 0.1) is 5.01 Å². The van der Waals surface area contributed by atoms with E-state index in [1.807, 2.05) is 0 Å². The second kappa shape index (κ2) is 7.98. The number of nitrogens with zero attached hydrogens (tertiary/aromatic N) is 2. The molecule has 0 amide bonds. The van der Waals surface area contributed by atoms with Crippen molar-refractivity contribution in [3.8, 4) is 0 Å². The first kappa shape index (κ1) is 14.9. The lowest BCUT2D eigenvalue weighted by atomic mass is 10.2. The van der Waals surface area contributed by atoms with Crippen LogP contribution in [0.4, 0.5) is 0 Å². The third-order valence-corrected chi connectivity index (χ3v) is 4.76. The summed E-state index contributed by atoms with van der Waals surface area (Å²) in [7, 11) is 0. The number of aryl methyl sites for hydroxylation is 1. The molecule has 0 spiro atoms. The van der Waals surface area contributed by atoms with Crippen LogP contribution in [-0.4, -0.2) is 42.1 Å². The number of thiazole rings is 1. The number of likely N-dealkylation sites (tertiary alicyclic amines) is 1. The van der Waals surface area contributed by atoms with Crippen molar-refractivity contribution >= 4 is 11.3 Å². The second-order valence-electron chi connectivity index (χ2n) is 5.70. The Bertz CT molecular complexity index is 356. The summed E-state index contributed by atoms with van der Waals surface area (Å²) in [6, 6.07) is 0.583. The Morgan fingerprint density at radius 3 is 2.68 bits per heavy atom. The Morgan fingerprint density at radius 1 is 1.32 bits per heavy atom. The van der Waals surface area contributed by atoms with E-state index in [9.17, 15) is 0 Å². The lowest BCUT2D eigenvalue weighted by molar-refractivity contribution is 0.256. The van der Waals surface area contributed by atoms with Gasteiger partial charge in [0.2, 0.25) is 0 Å². The van der Waals surface area contributed by atoms with Crippen LogP contribution in [0, 0.1) is 6.92 Å². The maximum Gasteiger partial charge on any atom is 0.0940 e. The van der Waals surface area contributed by atoms with Crippen LogP contribution in [0.2, 0.25) is 0 Å². The van der Waals surface area contributed by atoms with Gasteiger partial charge in [-0.25, -0.2) is 4.98 Å². The van der Waals surface area contributed by atoms with Crippen molar-refractivity contribution in [3.05, 3.63) is 16.1 Å². The average molecular weight is 281 g/mol. The third kappa shape index (κ3) is 5.59. The molecule has 3 nitrogen and oxygen atoms in total. The summed E-state index contributed by atoms with van der Waals surface area (Å²) in [5.74, 6) is 0. The van der Waals surface area contributed by atoms with E-state index in [0.29, 0.717) is 6.04 Å². The summed E-state index contributed by atoms with van der Waals surface area (Å²) >= 11 is 1.78. The maximum absolute atomic E-state index is 4.50. The van der Waals surface area contributed by atoms with Gasteiger partial charge in [-0.3, -0.25) is 0 Å². The van der Waals surface area contributed by atoms with E-state index in [1.165, 1.54) is 50.3 Å². The van der Waals surface area contributed by atoms with Crippen LogP contribution in [-0.2, 0) is 6.42 Å². The summed E-state index contributed by atoms with van der Waals surface area (Å²) in [4.78, 5) is 7.13. The molecule has 1 unspecified atom stereocenters. The van der Waals surface area contributed by atoms with Crippen molar-refractivity contribution < 1.29 is 0 Å². The third-order valence-electron chi connectivity index (χ3n) is 3.73. The molecule has 1 aromatic heterocycles. The molecule has 4 heteroatoms. The van der Waals surface area contributed by atoms with Gasteiger partial charge in [-0.15, -0.1) is 11.3 Å². The van der Waals surface area contributed by atoms with Crippen LogP contribution in [0.15, 0.2) is 5.38 Å². The Kier molecular flexibility index (Phi) is 6.28. The van der Waals surface area contributed by atoms with E-state index in [1.54, 1.807) is 11.3 Å². The molecule has 2 heterocycles. The standard InChI is InChI=1S/C15H27N3S/c1-13(11-18-9-5-3-4-6-10-18)16-8-7-15-17-14(2)12-19-15/h12-13,16H,3-11H2,1-2H3. The van der Waals surface area contributed by atoms with E-state index in [-0.39, 0.29) is 0 Å². The highest BCUT2D eigenvalue weighted by Gasteiger charge is 2.12. The normalized spacial score (nSPS) is 19.3. The quantitative estimate of drug-likeness (QED) is 0.869. The summed E-state index contributed by atoms with van der Waals surface area (Å²) in [6.45, 7) is 9.18. The molecule has 1 N–H and O–H groups in total. The van der Waals surface area contributed by atoms with Crippen LogP contribution in [0.25, 0.3) is 0 Å². The summed E-state index contributed by atoms with van der Waals surface area (Å²) < 4.78 is 0. The Hall–Kier alpha value is -0.450. The SMILES string of the molecule is Cc1csc(CCNC(C)CN2CCCCCC2)n1. The molecule has 0 radical (unpaired) electrons. The zero-order valence-electron chi connectivity index (χ0n) is 12.3. The number of hydrogen-bond acceptors (Lipinski definition) is 4. The molecule has 1 fully saturated rings. The molecule has 1 aliphatic heterocycles. The predicted octanol–water partition coefficient (Wildman–Crippen LogP) is 2.85. The van der Waals surface area contributed by atoms with E-state index < -0.39 is 0 Å². The zero-order valence-corrected chi connectivity index (χ0v) is 13.1. The van der Waals surface area contributed by atoms with Gasteiger partial charge in [0.1, 0.15) is 0 Å². The van der Waals surface area contributed by atoms with Gasteiger partial charge in [0.25, 0.3) is 0 Å². The fraction of sp³-hybridized carbons (Fsp3) is 0.800. The minimum Gasteiger partial charge on any atom is -0.313 e. The Morgan fingerprint density at radius 2 is 2.05 bits per heavy atom. The van der Waals surface area contributed by atoms with E-state index >= 15 is 0 Å². The molecule has 0 aliphatic carbocycles. The minimum atomic E-state index is 0.583. The summed E-state index contributed by atoms with van der Waals surface area (Å²) in [5, 5.41) is 7.02. The lowest BCUT2D eigenvalue weighted by Crippen LogP contribution is -2.40. The second-order valence-corrected chi connectivity index (χ2v) is 6.65. The first-order valence-electron chi connectivity index (χ1n) is 7.61. The van der Waals surface area contributed by atoms with Gasteiger partial charge in [0.15, 0.2) is 0 Å². The molecule has 108 valence electrons. The average Bonchev–Trinajstić information content (AvgIpc) is 2.63. The molecule has 1 aliphatic rings. The Balaban J connectivity index is 1.62. The van der Waals surface area contributed by atoms with Crippen molar-refractivity contribution in [1.29, 1.82) is 0 Å². The van der Waals surface area contributed by atoms with Crippen molar-refractivity contribution in [2.75, 3.05) is 26.2 Å². The molecule has 0 bridgehead atoms. The van der Waals surface area contributed by atoms with Crippen LogP contribution in [0.3, 0.4) is 0 Å². The highest BCUT2D eigenvalue weighted by Crippen LogP contribution is 2.10. The predicted molar refractivity (Wildman–Crippen MR) is 82.9 cm³/mol. The highest BCUT2D eigenvalue weighted by molar-refractivity contribution is 7.09. The van der Waals surface area contributed by atoms with Gasteiger partial charge in [-0.1, -0.05) is 12.8 Å². The van der Waals surface area contributed by atoms with E-state index in [2.05, 4.69) is 34.4 Å². The van der Waals surface area contributed by atoms with Crippen LogP contribution >= 0.6 is 11.3 Å². The van der Waals surface area contributed by atoms with Gasteiger partial charge in [-0.05, 0) is 39.8 Å². The maximum atomic E-state index is 4.50. The summed E-state index contributed by atoms with van der Waals surface area (Å²) in [5.41, 5.74) is 1.15. The molecular formula is C15H27N3S. The van der Waals surface area contributed by atoms with E-state index in [0.717, 1.165) is 18.7 Å². The monoisotopic (exact) mass is 281 g/mol.